The fourth-order valence-electron chi connectivity index (χ4n) is 3.47. The molecule has 0 bridgehead atoms. The topological polar surface area (TPSA) is 63.4 Å². The number of benzene rings is 2. The Morgan fingerprint density at radius 1 is 1.08 bits per heavy atom. The molecule has 1 aliphatic rings. The van der Waals surface area contributed by atoms with Crippen LogP contribution in [0.1, 0.15) is 22.6 Å². The van der Waals surface area contributed by atoms with Crippen molar-refractivity contribution in [2.75, 3.05) is 19.6 Å². The van der Waals surface area contributed by atoms with Gasteiger partial charge in [0.1, 0.15) is 0 Å². The van der Waals surface area contributed by atoms with E-state index >= 15 is 0 Å². The first-order chi connectivity index (χ1) is 11.4. The van der Waals surface area contributed by atoms with Crippen molar-refractivity contribution in [1.82, 2.24) is 4.31 Å². The van der Waals surface area contributed by atoms with Crippen LogP contribution in [0.15, 0.2) is 53.4 Å². The van der Waals surface area contributed by atoms with Crippen LogP contribution >= 0.6 is 12.4 Å². The van der Waals surface area contributed by atoms with Gasteiger partial charge in [-0.3, -0.25) is 0 Å². The van der Waals surface area contributed by atoms with Gasteiger partial charge in [-0.05, 0) is 49.1 Å². The molecule has 2 N–H and O–H groups in total. The molecule has 0 aliphatic carbocycles. The molecule has 4 nitrogen and oxygen atoms in total. The van der Waals surface area contributed by atoms with Crippen molar-refractivity contribution < 1.29 is 8.42 Å². The van der Waals surface area contributed by atoms with Crippen LogP contribution in [-0.4, -0.2) is 32.4 Å². The van der Waals surface area contributed by atoms with Gasteiger partial charge in [-0.1, -0.05) is 42.5 Å². The van der Waals surface area contributed by atoms with Gasteiger partial charge in [0.05, 0.1) is 4.90 Å². The van der Waals surface area contributed by atoms with Crippen LogP contribution < -0.4 is 5.73 Å². The molecule has 1 aliphatic heterocycles. The maximum atomic E-state index is 13.1. The molecule has 0 spiro atoms. The zero-order valence-electron chi connectivity index (χ0n) is 14.6. The van der Waals surface area contributed by atoms with Crippen molar-refractivity contribution in [3.63, 3.8) is 0 Å². The summed E-state index contributed by atoms with van der Waals surface area (Å²) in [4.78, 5) is 0.409. The smallest absolute Gasteiger partial charge is 0.243 e. The van der Waals surface area contributed by atoms with Crippen LogP contribution in [0.25, 0.3) is 0 Å². The highest BCUT2D eigenvalue weighted by atomic mass is 35.5. The van der Waals surface area contributed by atoms with Crippen molar-refractivity contribution >= 4 is 22.4 Å². The molecule has 6 heteroatoms. The second-order valence-electron chi connectivity index (χ2n) is 6.60. The summed E-state index contributed by atoms with van der Waals surface area (Å²) in [7, 11) is -3.50. The highest BCUT2D eigenvalue weighted by Crippen LogP contribution is 2.35. The van der Waals surface area contributed by atoms with Gasteiger partial charge < -0.3 is 5.73 Å². The maximum absolute atomic E-state index is 13.1. The molecular weight excluding hydrogens is 356 g/mol. The van der Waals surface area contributed by atoms with Crippen LogP contribution in [0.5, 0.6) is 0 Å². The molecule has 3 rings (SSSR count). The van der Waals surface area contributed by atoms with E-state index in [0.717, 1.165) is 16.7 Å². The summed E-state index contributed by atoms with van der Waals surface area (Å²) in [5, 5.41) is 0. The number of rotatable bonds is 4. The fourth-order valence-corrected chi connectivity index (χ4v) is 5.30. The maximum Gasteiger partial charge on any atom is 0.243 e. The quantitative estimate of drug-likeness (QED) is 0.886. The van der Waals surface area contributed by atoms with Gasteiger partial charge in [-0.2, -0.15) is 4.31 Å². The van der Waals surface area contributed by atoms with Crippen LogP contribution in [0.3, 0.4) is 0 Å². The van der Waals surface area contributed by atoms with E-state index in [9.17, 15) is 8.42 Å². The summed E-state index contributed by atoms with van der Waals surface area (Å²) in [6.45, 7) is 5.21. The number of sulfonamides is 1. The third-order valence-corrected chi connectivity index (χ3v) is 6.87. The Morgan fingerprint density at radius 3 is 2.40 bits per heavy atom. The van der Waals surface area contributed by atoms with Crippen molar-refractivity contribution in [1.29, 1.82) is 0 Å². The van der Waals surface area contributed by atoms with Gasteiger partial charge >= 0.3 is 0 Å². The van der Waals surface area contributed by atoms with Crippen molar-refractivity contribution in [3.05, 3.63) is 65.2 Å². The molecule has 0 radical (unpaired) electrons. The second kappa shape index (κ2) is 7.87. The van der Waals surface area contributed by atoms with E-state index in [4.69, 9.17) is 5.73 Å². The highest BCUT2D eigenvalue weighted by molar-refractivity contribution is 7.89. The van der Waals surface area contributed by atoms with Crippen molar-refractivity contribution in [3.8, 4) is 0 Å². The van der Waals surface area contributed by atoms with Gasteiger partial charge in [0.25, 0.3) is 0 Å². The van der Waals surface area contributed by atoms with E-state index in [1.807, 2.05) is 44.2 Å². The number of nitrogens with zero attached hydrogens (tertiary/aromatic N) is 1. The number of aryl methyl sites for hydroxylation is 2. The lowest BCUT2D eigenvalue weighted by atomic mass is 9.89. The molecule has 0 saturated carbocycles. The Hall–Kier alpha value is -1.40. The lowest BCUT2D eigenvalue weighted by Crippen LogP contribution is -2.30. The third-order valence-electron chi connectivity index (χ3n) is 4.90. The summed E-state index contributed by atoms with van der Waals surface area (Å²) >= 11 is 0. The summed E-state index contributed by atoms with van der Waals surface area (Å²) < 4.78 is 27.9. The van der Waals surface area contributed by atoms with E-state index in [-0.39, 0.29) is 24.2 Å². The Kier molecular flexibility index (Phi) is 6.27. The molecule has 1 fully saturated rings. The zero-order chi connectivity index (χ0) is 17.3. The normalized spacial score (nSPS) is 21.1. The van der Waals surface area contributed by atoms with Crippen LogP contribution in [0.4, 0.5) is 0 Å². The van der Waals surface area contributed by atoms with Crippen LogP contribution in [0, 0.1) is 19.8 Å². The minimum absolute atomic E-state index is 0. The first-order valence-corrected chi connectivity index (χ1v) is 9.70. The number of hydrogen-bond acceptors (Lipinski definition) is 3. The van der Waals surface area contributed by atoms with Gasteiger partial charge in [0.15, 0.2) is 0 Å². The Balaban J connectivity index is 0.00000225. The number of halogens is 1. The first kappa shape index (κ1) is 19.9. The molecule has 0 amide bonds. The monoisotopic (exact) mass is 380 g/mol. The van der Waals surface area contributed by atoms with E-state index in [0.29, 0.717) is 24.5 Å². The van der Waals surface area contributed by atoms with Crippen molar-refractivity contribution in [2.45, 2.75) is 24.7 Å². The SMILES string of the molecule is Cc1ccc(C)c(S(=O)(=O)N2C[C@@H](CN)[C@H](c3ccccc3)C2)c1.Cl. The summed E-state index contributed by atoms with van der Waals surface area (Å²) in [5.74, 6) is 0.295. The zero-order valence-corrected chi connectivity index (χ0v) is 16.2. The average Bonchev–Trinajstić information content (AvgIpc) is 3.03. The average molecular weight is 381 g/mol. The molecule has 0 unspecified atom stereocenters. The molecule has 1 saturated heterocycles. The molecule has 2 aromatic carbocycles. The molecule has 2 aromatic rings. The molecule has 2 atom stereocenters. The Bertz CT molecular complexity index is 825. The first-order valence-electron chi connectivity index (χ1n) is 8.26. The second-order valence-corrected chi connectivity index (χ2v) is 8.51. The third kappa shape index (κ3) is 3.90. The number of nitrogens with two attached hydrogens (primary N) is 1. The van der Waals surface area contributed by atoms with E-state index in [1.165, 1.54) is 0 Å². The van der Waals surface area contributed by atoms with Gasteiger partial charge in [-0.15, -0.1) is 12.4 Å². The summed E-state index contributed by atoms with van der Waals surface area (Å²) in [6, 6.07) is 15.6. The molecule has 1 heterocycles. The highest BCUT2D eigenvalue weighted by Gasteiger charge is 2.39. The van der Waals surface area contributed by atoms with E-state index in [2.05, 4.69) is 12.1 Å². The standard InChI is InChI=1S/C19H24N2O2S.ClH/c1-14-8-9-15(2)19(10-14)24(22,23)21-12-17(11-20)18(13-21)16-6-4-3-5-7-16;/h3-10,17-18H,11-13,20H2,1-2H3;1H/t17-,18+;/m1./s1. The van der Waals surface area contributed by atoms with Gasteiger partial charge in [-0.25, -0.2) is 8.42 Å². The number of hydrogen-bond donors (Lipinski definition) is 1. The van der Waals surface area contributed by atoms with Gasteiger partial charge in [0, 0.05) is 19.0 Å². The van der Waals surface area contributed by atoms with Crippen LogP contribution in [0.2, 0.25) is 0 Å². The largest absolute Gasteiger partial charge is 0.330 e. The molecule has 25 heavy (non-hydrogen) atoms. The minimum Gasteiger partial charge on any atom is -0.330 e. The lowest BCUT2D eigenvalue weighted by molar-refractivity contribution is 0.458. The molecular formula is C19H25ClN2O2S. The molecule has 136 valence electrons. The van der Waals surface area contributed by atoms with E-state index in [1.54, 1.807) is 10.4 Å². The molecule has 0 aromatic heterocycles. The summed E-state index contributed by atoms with van der Waals surface area (Å²) in [5.41, 5.74) is 8.83. The Morgan fingerprint density at radius 2 is 1.76 bits per heavy atom. The fraction of sp³-hybridized carbons (Fsp3) is 0.368. The minimum atomic E-state index is -3.50. The Labute approximate surface area is 156 Å². The summed E-state index contributed by atoms with van der Waals surface area (Å²) in [6.07, 6.45) is 0. The lowest BCUT2D eigenvalue weighted by Gasteiger charge is -2.18. The van der Waals surface area contributed by atoms with Crippen LogP contribution in [-0.2, 0) is 10.0 Å². The predicted molar refractivity (Wildman–Crippen MR) is 104 cm³/mol. The van der Waals surface area contributed by atoms with E-state index < -0.39 is 10.0 Å². The van der Waals surface area contributed by atoms with Crippen molar-refractivity contribution in [2.24, 2.45) is 11.7 Å². The van der Waals surface area contributed by atoms with Gasteiger partial charge in [0.2, 0.25) is 10.0 Å². The predicted octanol–water partition coefficient (Wildman–Crippen LogP) is 3.09.